The topological polar surface area (TPSA) is 59.1 Å². The van der Waals surface area contributed by atoms with E-state index in [9.17, 15) is 0 Å². The first kappa shape index (κ1) is 8.85. The zero-order chi connectivity index (χ0) is 8.97. The summed E-state index contributed by atoms with van der Waals surface area (Å²) in [5.74, 6) is 5.11. The van der Waals surface area contributed by atoms with E-state index in [4.69, 9.17) is 22.4 Å². The van der Waals surface area contributed by atoms with Crippen molar-refractivity contribution in [1.29, 1.82) is 0 Å². The van der Waals surface area contributed by atoms with Gasteiger partial charge in [-0.3, -0.25) is 0 Å². The second kappa shape index (κ2) is 3.96. The van der Waals surface area contributed by atoms with Gasteiger partial charge in [0.2, 0.25) is 0 Å². The summed E-state index contributed by atoms with van der Waals surface area (Å²) in [6.07, 6.45) is 1.47. The van der Waals surface area contributed by atoms with E-state index in [1.807, 2.05) is 0 Å². The average molecular weight is 183 g/mol. The Morgan fingerprint density at radius 2 is 2.42 bits per heavy atom. The summed E-state index contributed by atoms with van der Waals surface area (Å²) in [5, 5.41) is 8.75. The Morgan fingerprint density at radius 1 is 1.67 bits per heavy atom. The fraction of sp³-hybridized carbons (Fsp3) is 0.125. The van der Waals surface area contributed by atoms with Gasteiger partial charge >= 0.3 is 0 Å². The van der Waals surface area contributed by atoms with Crippen LogP contribution in [0.3, 0.4) is 0 Å². The zero-order valence-electron chi connectivity index (χ0n) is 6.21. The molecule has 12 heavy (non-hydrogen) atoms. The number of nitrogens with zero attached hydrogens (tertiary/aromatic N) is 1. The highest BCUT2D eigenvalue weighted by atomic mass is 35.5. The van der Waals surface area contributed by atoms with Crippen LogP contribution in [0.15, 0.2) is 12.3 Å². The maximum atomic E-state index is 8.41. The number of nitrogens with two attached hydrogens (primary N) is 1. The van der Waals surface area contributed by atoms with Gasteiger partial charge in [-0.1, -0.05) is 23.4 Å². The maximum Gasteiger partial charge on any atom is 0.131 e. The molecule has 3 nitrogen and oxygen atoms in total. The number of aliphatic hydroxyl groups excluding tert-OH is 1. The molecule has 0 aliphatic carbocycles. The molecule has 4 heteroatoms. The highest BCUT2D eigenvalue weighted by Crippen LogP contribution is 2.13. The summed E-state index contributed by atoms with van der Waals surface area (Å²) in [6.45, 7) is -0.192. The Kier molecular flexibility index (Phi) is 2.92. The summed E-state index contributed by atoms with van der Waals surface area (Å²) < 4.78 is 0. The molecule has 1 heterocycles. The fourth-order valence-corrected chi connectivity index (χ4v) is 0.850. The summed E-state index contributed by atoms with van der Waals surface area (Å²) in [4.78, 5) is 3.79. The van der Waals surface area contributed by atoms with Crippen LogP contribution in [0.5, 0.6) is 0 Å². The van der Waals surface area contributed by atoms with E-state index in [0.29, 0.717) is 16.4 Å². The van der Waals surface area contributed by atoms with Gasteiger partial charge in [0.25, 0.3) is 0 Å². The number of halogens is 1. The normalized spacial score (nSPS) is 8.83. The van der Waals surface area contributed by atoms with Gasteiger partial charge in [0, 0.05) is 6.20 Å². The predicted octanol–water partition coefficient (Wildman–Crippen LogP) is 0.661. The van der Waals surface area contributed by atoms with Crippen molar-refractivity contribution >= 4 is 17.3 Å². The van der Waals surface area contributed by atoms with Gasteiger partial charge in [-0.15, -0.1) is 0 Å². The van der Waals surface area contributed by atoms with Crippen molar-refractivity contribution in [3.05, 3.63) is 23.0 Å². The van der Waals surface area contributed by atoms with E-state index in [-0.39, 0.29) is 6.61 Å². The summed E-state index contributed by atoms with van der Waals surface area (Å²) >= 11 is 5.56. The molecule has 0 aliphatic heterocycles. The second-order valence-electron chi connectivity index (χ2n) is 2.05. The number of aromatic nitrogens is 1. The number of rotatable bonds is 0. The smallest absolute Gasteiger partial charge is 0.131 e. The van der Waals surface area contributed by atoms with Crippen LogP contribution in [0, 0.1) is 11.8 Å². The molecule has 0 fully saturated rings. The minimum absolute atomic E-state index is 0.192. The van der Waals surface area contributed by atoms with E-state index in [1.165, 1.54) is 12.3 Å². The molecule has 62 valence electrons. The average Bonchev–Trinajstić information content (AvgIpc) is 2.03. The van der Waals surface area contributed by atoms with Gasteiger partial charge in [0.1, 0.15) is 11.8 Å². The lowest BCUT2D eigenvalue weighted by atomic mass is 10.2. The van der Waals surface area contributed by atoms with Crippen molar-refractivity contribution < 1.29 is 5.11 Å². The standard InChI is InChI=1S/C8H7ClN2O/c9-8-4-7(10)6(5-11-8)2-1-3-12/h4-5,12H,3H2,(H2,10,11). The van der Waals surface area contributed by atoms with E-state index < -0.39 is 0 Å². The lowest BCUT2D eigenvalue weighted by Crippen LogP contribution is -1.91. The van der Waals surface area contributed by atoms with Gasteiger partial charge in [0.15, 0.2) is 0 Å². The van der Waals surface area contributed by atoms with Gasteiger partial charge in [-0.05, 0) is 6.07 Å². The van der Waals surface area contributed by atoms with Crippen LogP contribution in [-0.4, -0.2) is 16.7 Å². The Hall–Kier alpha value is -1.24. The van der Waals surface area contributed by atoms with Crippen LogP contribution in [0.2, 0.25) is 5.15 Å². The zero-order valence-corrected chi connectivity index (χ0v) is 6.97. The van der Waals surface area contributed by atoms with Crippen molar-refractivity contribution in [1.82, 2.24) is 4.98 Å². The van der Waals surface area contributed by atoms with E-state index in [2.05, 4.69) is 16.8 Å². The number of aliphatic hydroxyl groups is 1. The van der Waals surface area contributed by atoms with E-state index in [1.54, 1.807) is 0 Å². The molecular weight excluding hydrogens is 176 g/mol. The molecular formula is C8H7ClN2O. The molecule has 0 aliphatic rings. The van der Waals surface area contributed by atoms with Gasteiger partial charge in [-0.25, -0.2) is 4.98 Å². The second-order valence-corrected chi connectivity index (χ2v) is 2.44. The number of hydrogen-bond acceptors (Lipinski definition) is 3. The SMILES string of the molecule is Nc1cc(Cl)ncc1C#CCO. The van der Waals surface area contributed by atoms with Gasteiger partial charge in [0.05, 0.1) is 11.3 Å². The van der Waals surface area contributed by atoms with Gasteiger partial charge < -0.3 is 10.8 Å². The molecule has 0 spiro atoms. The number of anilines is 1. The first-order valence-electron chi connectivity index (χ1n) is 3.25. The fourth-order valence-electron chi connectivity index (χ4n) is 0.683. The Bertz CT molecular complexity index is 341. The minimum atomic E-state index is -0.192. The molecule has 0 bridgehead atoms. The number of pyridine rings is 1. The predicted molar refractivity (Wildman–Crippen MR) is 47.6 cm³/mol. The molecule has 0 saturated carbocycles. The largest absolute Gasteiger partial charge is 0.398 e. The third-order valence-electron chi connectivity index (χ3n) is 1.20. The maximum absolute atomic E-state index is 8.41. The quantitative estimate of drug-likeness (QED) is 0.458. The molecule has 0 unspecified atom stereocenters. The van der Waals surface area contributed by atoms with E-state index >= 15 is 0 Å². The van der Waals surface area contributed by atoms with Crippen LogP contribution in [-0.2, 0) is 0 Å². The van der Waals surface area contributed by atoms with Crippen molar-refractivity contribution in [2.45, 2.75) is 0 Å². The Morgan fingerprint density at radius 3 is 3.00 bits per heavy atom. The lowest BCUT2D eigenvalue weighted by Gasteiger charge is -1.96. The highest BCUT2D eigenvalue weighted by molar-refractivity contribution is 6.29. The molecule has 0 aromatic carbocycles. The van der Waals surface area contributed by atoms with Crippen LogP contribution in [0.1, 0.15) is 5.56 Å². The molecule has 3 N–H and O–H groups in total. The van der Waals surface area contributed by atoms with Crippen molar-refractivity contribution in [2.24, 2.45) is 0 Å². The Labute approximate surface area is 75.2 Å². The van der Waals surface area contributed by atoms with Crippen molar-refractivity contribution in [3.63, 3.8) is 0 Å². The van der Waals surface area contributed by atoms with Crippen molar-refractivity contribution in [3.8, 4) is 11.8 Å². The van der Waals surface area contributed by atoms with Crippen LogP contribution in [0.25, 0.3) is 0 Å². The molecule has 0 saturated heterocycles. The van der Waals surface area contributed by atoms with Crippen LogP contribution in [0.4, 0.5) is 5.69 Å². The summed E-state index contributed by atoms with van der Waals surface area (Å²) in [5.41, 5.74) is 6.60. The van der Waals surface area contributed by atoms with Crippen molar-refractivity contribution in [2.75, 3.05) is 12.3 Å². The van der Waals surface area contributed by atoms with Gasteiger partial charge in [-0.2, -0.15) is 0 Å². The summed E-state index contributed by atoms with van der Waals surface area (Å²) in [6, 6.07) is 1.52. The highest BCUT2D eigenvalue weighted by Gasteiger charge is 1.96. The third kappa shape index (κ3) is 2.12. The minimum Gasteiger partial charge on any atom is -0.398 e. The first-order valence-corrected chi connectivity index (χ1v) is 3.62. The molecule has 1 aromatic heterocycles. The summed E-state index contributed by atoms with van der Waals surface area (Å²) in [7, 11) is 0. The molecule has 0 amide bonds. The number of hydrogen-bond donors (Lipinski definition) is 2. The monoisotopic (exact) mass is 182 g/mol. The molecule has 1 aromatic rings. The van der Waals surface area contributed by atoms with Crippen LogP contribution >= 0.6 is 11.6 Å². The van der Waals surface area contributed by atoms with E-state index in [0.717, 1.165) is 0 Å². The Balaban J connectivity index is 3.01. The molecule has 0 atom stereocenters. The first-order chi connectivity index (χ1) is 5.74. The number of nitrogen functional groups attached to an aromatic ring is 1. The third-order valence-corrected chi connectivity index (χ3v) is 1.41. The molecule has 1 rings (SSSR count). The molecule has 0 radical (unpaired) electrons. The van der Waals surface area contributed by atoms with Crippen LogP contribution < -0.4 is 5.73 Å². The lowest BCUT2D eigenvalue weighted by molar-refractivity contribution is 0.350.